The van der Waals surface area contributed by atoms with Crippen LogP contribution in [0.15, 0.2) is 36.5 Å². The highest BCUT2D eigenvalue weighted by Gasteiger charge is 2.14. The molecule has 20 heavy (non-hydrogen) atoms. The normalized spacial score (nSPS) is 10.1. The van der Waals surface area contributed by atoms with Crippen molar-refractivity contribution in [2.45, 2.75) is 0 Å². The summed E-state index contributed by atoms with van der Waals surface area (Å²) in [5, 5.41) is 17.7. The lowest BCUT2D eigenvalue weighted by Crippen LogP contribution is -2.12. The van der Waals surface area contributed by atoms with E-state index in [-0.39, 0.29) is 17.3 Å². The van der Waals surface area contributed by atoms with Gasteiger partial charge in [0.2, 0.25) is 5.82 Å². The van der Waals surface area contributed by atoms with Gasteiger partial charge in [-0.05, 0) is 12.1 Å². The van der Waals surface area contributed by atoms with Crippen molar-refractivity contribution in [1.29, 1.82) is 5.41 Å². The predicted molar refractivity (Wildman–Crippen MR) is 68.4 cm³/mol. The minimum Gasteiger partial charge on any atom is -0.457 e. The van der Waals surface area contributed by atoms with Crippen molar-refractivity contribution >= 4 is 11.5 Å². The molecule has 102 valence electrons. The molecule has 0 unspecified atom stereocenters. The van der Waals surface area contributed by atoms with Gasteiger partial charge in [-0.15, -0.1) is 0 Å². The lowest BCUT2D eigenvalue weighted by molar-refractivity contribution is -0.387. The first kappa shape index (κ1) is 13.4. The lowest BCUT2D eigenvalue weighted by atomic mass is 10.3. The Morgan fingerprint density at radius 3 is 2.65 bits per heavy atom. The third kappa shape index (κ3) is 2.86. The van der Waals surface area contributed by atoms with Gasteiger partial charge in [0, 0.05) is 24.4 Å². The number of nitro benzene ring substituents is 1. The Morgan fingerprint density at radius 1 is 1.35 bits per heavy atom. The van der Waals surface area contributed by atoms with Gasteiger partial charge in [-0.25, -0.2) is 0 Å². The second-order valence-electron chi connectivity index (χ2n) is 3.76. The summed E-state index contributed by atoms with van der Waals surface area (Å²) >= 11 is 0. The molecule has 0 aliphatic rings. The molecule has 0 aliphatic heterocycles. The van der Waals surface area contributed by atoms with E-state index in [9.17, 15) is 14.5 Å². The highest BCUT2D eigenvalue weighted by Crippen LogP contribution is 2.26. The number of hydrogen-bond acceptors (Lipinski definition) is 5. The maximum Gasteiger partial charge on any atom is 0.305 e. The zero-order chi connectivity index (χ0) is 14.7. The lowest BCUT2D eigenvalue weighted by Gasteiger charge is -2.06. The summed E-state index contributed by atoms with van der Waals surface area (Å²) in [6.45, 7) is 0. The molecular formula is C12H9FN4O3. The van der Waals surface area contributed by atoms with Crippen LogP contribution < -0.4 is 10.5 Å². The number of amidine groups is 1. The number of rotatable bonds is 4. The van der Waals surface area contributed by atoms with Crippen molar-refractivity contribution in [1.82, 2.24) is 4.98 Å². The number of benzene rings is 1. The third-order valence-electron chi connectivity index (χ3n) is 2.36. The summed E-state index contributed by atoms with van der Waals surface area (Å²) in [6, 6.07) is 6.09. The second-order valence-corrected chi connectivity index (χ2v) is 3.76. The fourth-order valence-electron chi connectivity index (χ4n) is 1.46. The van der Waals surface area contributed by atoms with Gasteiger partial charge in [-0.2, -0.15) is 4.39 Å². The minimum absolute atomic E-state index is 0.0915. The van der Waals surface area contributed by atoms with E-state index < -0.39 is 16.4 Å². The van der Waals surface area contributed by atoms with E-state index in [4.69, 9.17) is 15.9 Å². The van der Waals surface area contributed by atoms with E-state index in [0.29, 0.717) is 5.75 Å². The van der Waals surface area contributed by atoms with E-state index in [2.05, 4.69) is 4.98 Å². The van der Waals surface area contributed by atoms with Crippen molar-refractivity contribution in [2.24, 2.45) is 5.73 Å². The van der Waals surface area contributed by atoms with Crippen molar-refractivity contribution < 1.29 is 14.1 Å². The first-order valence-electron chi connectivity index (χ1n) is 5.39. The van der Waals surface area contributed by atoms with Crippen LogP contribution >= 0.6 is 0 Å². The highest BCUT2D eigenvalue weighted by molar-refractivity contribution is 5.93. The molecule has 8 heteroatoms. The number of nitrogens with zero attached hydrogens (tertiary/aromatic N) is 2. The predicted octanol–water partition coefficient (Wildman–Crippen LogP) is 2.21. The Labute approximate surface area is 112 Å². The summed E-state index contributed by atoms with van der Waals surface area (Å²) in [4.78, 5) is 13.5. The number of aromatic nitrogens is 1. The Morgan fingerprint density at radius 2 is 2.05 bits per heavy atom. The Hall–Kier alpha value is -3.03. The van der Waals surface area contributed by atoms with Crippen LogP contribution in [0.1, 0.15) is 5.69 Å². The molecule has 0 bridgehead atoms. The van der Waals surface area contributed by atoms with Crippen LogP contribution in [0.25, 0.3) is 0 Å². The smallest absolute Gasteiger partial charge is 0.305 e. The largest absolute Gasteiger partial charge is 0.457 e. The second kappa shape index (κ2) is 5.31. The molecule has 0 spiro atoms. The van der Waals surface area contributed by atoms with Crippen LogP contribution in [-0.4, -0.2) is 15.7 Å². The molecule has 2 rings (SSSR count). The number of pyridine rings is 1. The van der Waals surface area contributed by atoms with E-state index >= 15 is 0 Å². The van der Waals surface area contributed by atoms with Gasteiger partial charge in [0.1, 0.15) is 23.0 Å². The molecule has 0 amide bonds. The first-order chi connectivity index (χ1) is 9.47. The van der Waals surface area contributed by atoms with E-state index in [1.165, 1.54) is 24.4 Å². The summed E-state index contributed by atoms with van der Waals surface area (Å²) < 4.78 is 18.8. The van der Waals surface area contributed by atoms with Gasteiger partial charge in [0.25, 0.3) is 0 Å². The fraction of sp³-hybridized carbons (Fsp3) is 0. The topological polar surface area (TPSA) is 115 Å². The third-order valence-corrected chi connectivity index (χ3v) is 2.36. The molecule has 1 aromatic heterocycles. The summed E-state index contributed by atoms with van der Waals surface area (Å²) in [5.41, 5.74) is 4.87. The molecular weight excluding hydrogens is 267 g/mol. The minimum atomic E-state index is -0.992. The number of halogens is 1. The summed E-state index contributed by atoms with van der Waals surface area (Å²) in [7, 11) is 0. The van der Waals surface area contributed by atoms with Gasteiger partial charge in [-0.3, -0.25) is 20.5 Å². The standard InChI is InChI=1S/C12H9FN4O3/c13-9-5-7(1-2-11(9)17(18)19)20-8-3-4-16-10(6-8)12(14)15/h1-6H,(H3,14,15). The number of ether oxygens (including phenoxy) is 1. The van der Waals surface area contributed by atoms with Crippen LogP contribution in [0.5, 0.6) is 11.5 Å². The molecule has 0 saturated heterocycles. The molecule has 7 nitrogen and oxygen atoms in total. The van der Waals surface area contributed by atoms with E-state index in [1.807, 2.05) is 0 Å². The zero-order valence-electron chi connectivity index (χ0n) is 10.0. The monoisotopic (exact) mass is 276 g/mol. The Kier molecular flexibility index (Phi) is 3.56. The molecule has 1 aromatic carbocycles. The molecule has 0 aliphatic carbocycles. The van der Waals surface area contributed by atoms with Crippen LogP contribution in [0.4, 0.5) is 10.1 Å². The van der Waals surface area contributed by atoms with Gasteiger partial charge in [-0.1, -0.05) is 0 Å². The number of nitrogens with one attached hydrogen (secondary N) is 1. The van der Waals surface area contributed by atoms with Gasteiger partial charge in [0.05, 0.1) is 4.92 Å². The van der Waals surface area contributed by atoms with Crippen molar-refractivity contribution in [3.05, 3.63) is 58.2 Å². The van der Waals surface area contributed by atoms with Crippen molar-refractivity contribution in [3.8, 4) is 11.5 Å². The molecule has 0 fully saturated rings. The maximum absolute atomic E-state index is 13.4. The quantitative estimate of drug-likeness (QED) is 0.384. The van der Waals surface area contributed by atoms with Crippen LogP contribution in [0, 0.1) is 21.3 Å². The van der Waals surface area contributed by atoms with Crippen molar-refractivity contribution in [2.75, 3.05) is 0 Å². The first-order valence-corrected chi connectivity index (χ1v) is 5.39. The highest BCUT2D eigenvalue weighted by atomic mass is 19.1. The molecule has 3 N–H and O–H groups in total. The zero-order valence-corrected chi connectivity index (χ0v) is 10.0. The van der Waals surface area contributed by atoms with Crippen LogP contribution in [0.3, 0.4) is 0 Å². The average Bonchev–Trinajstić information content (AvgIpc) is 2.38. The molecule has 0 radical (unpaired) electrons. The Bertz CT molecular complexity index is 690. The Balaban J connectivity index is 2.26. The molecule has 1 heterocycles. The van der Waals surface area contributed by atoms with Crippen LogP contribution in [-0.2, 0) is 0 Å². The average molecular weight is 276 g/mol. The van der Waals surface area contributed by atoms with Gasteiger partial charge < -0.3 is 10.5 Å². The molecule has 0 atom stereocenters. The molecule has 0 saturated carbocycles. The van der Waals surface area contributed by atoms with Gasteiger partial charge >= 0.3 is 5.69 Å². The number of nitrogens with two attached hydrogens (primary N) is 1. The van der Waals surface area contributed by atoms with Crippen molar-refractivity contribution in [3.63, 3.8) is 0 Å². The summed E-state index contributed by atoms with van der Waals surface area (Å²) in [6.07, 6.45) is 1.38. The SMILES string of the molecule is N=C(N)c1cc(Oc2ccc([N+](=O)[O-])c(F)c2)ccn1. The number of nitrogen functional groups attached to an aromatic ring is 1. The van der Waals surface area contributed by atoms with E-state index in [1.54, 1.807) is 0 Å². The van der Waals surface area contributed by atoms with E-state index in [0.717, 1.165) is 12.1 Å². The van der Waals surface area contributed by atoms with Crippen LogP contribution in [0.2, 0.25) is 0 Å². The van der Waals surface area contributed by atoms with Gasteiger partial charge in [0.15, 0.2) is 0 Å². The number of nitro groups is 1. The fourth-order valence-corrected chi connectivity index (χ4v) is 1.46. The number of hydrogen-bond donors (Lipinski definition) is 2. The maximum atomic E-state index is 13.4. The molecule has 2 aromatic rings. The summed E-state index contributed by atoms with van der Waals surface area (Å²) in [5.74, 6) is -0.842.